The van der Waals surface area contributed by atoms with Crippen LogP contribution in [0.5, 0.6) is 11.5 Å². The van der Waals surface area contributed by atoms with Gasteiger partial charge in [0.15, 0.2) is 11.5 Å². The number of nitrogens with one attached hydrogen (secondary N) is 1. The second-order valence-electron chi connectivity index (χ2n) is 6.05. The summed E-state index contributed by atoms with van der Waals surface area (Å²) in [6, 6.07) is 4.71. The van der Waals surface area contributed by atoms with Crippen molar-refractivity contribution in [1.82, 2.24) is 10.2 Å². The Hall–Kier alpha value is -0.780. The van der Waals surface area contributed by atoms with E-state index >= 15 is 0 Å². The van der Waals surface area contributed by atoms with E-state index < -0.39 is 0 Å². The molecule has 1 aromatic carbocycles. The lowest BCUT2D eigenvalue weighted by molar-refractivity contribution is 0.0361. The second-order valence-corrected chi connectivity index (χ2v) is 6.97. The first-order valence-corrected chi connectivity index (χ1v) is 8.40. The van der Waals surface area contributed by atoms with Crippen molar-refractivity contribution in [3.05, 3.63) is 22.2 Å². The lowest BCUT2D eigenvalue weighted by atomic mass is 10.0. The monoisotopic (exact) mass is 354 g/mol. The maximum absolute atomic E-state index is 6.22. The Morgan fingerprint density at radius 1 is 1.38 bits per heavy atom. The van der Waals surface area contributed by atoms with E-state index in [0.717, 1.165) is 42.0 Å². The molecule has 1 N–H and O–H groups in total. The van der Waals surface area contributed by atoms with Crippen LogP contribution in [0.2, 0.25) is 0 Å². The van der Waals surface area contributed by atoms with Crippen molar-refractivity contribution in [2.45, 2.75) is 31.4 Å². The molecule has 2 aliphatic heterocycles. The first-order chi connectivity index (χ1) is 10.2. The molecule has 0 spiro atoms. The molecule has 0 saturated carbocycles. The second kappa shape index (κ2) is 6.55. The molecule has 1 atom stereocenters. The Balaban J connectivity index is 1.82. The van der Waals surface area contributed by atoms with E-state index in [2.05, 4.69) is 39.3 Å². The van der Waals surface area contributed by atoms with Gasteiger partial charge in [0.2, 0.25) is 0 Å². The number of hydrogen-bond acceptors (Lipinski definition) is 4. The summed E-state index contributed by atoms with van der Waals surface area (Å²) in [5, 5.41) is 3.56. The average molecular weight is 355 g/mol. The summed E-state index contributed by atoms with van der Waals surface area (Å²) >= 11 is 3.58. The van der Waals surface area contributed by atoms with Gasteiger partial charge in [-0.3, -0.25) is 4.90 Å². The van der Waals surface area contributed by atoms with Crippen LogP contribution in [0.4, 0.5) is 0 Å². The fourth-order valence-electron chi connectivity index (χ4n) is 3.14. The molecule has 2 fully saturated rings. The Morgan fingerprint density at radius 2 is 2.19 bits per heavy atom. The van der Waals surface area contributed by atoms with Crippen LogP contribution in [-0.4, -0.2) is 50.8 Å². The van der Waals surface area contributed by atoms with Gasteiger partial charge in [-0.05, 0) is 45.0 Å². The first-order valence-electron chi connectivity index (χ1n) is 7.60. The topological polar surface area (TPSA) is 33.7 Å². The quantitative estimate of drug-likeness (QED) is 0.880. The van der Waals surface area contributed by atoms with Gasteiger partial charge < -0.3 is 14.8 Å². The molecular formula is C16H23BrN2O2. The van der Waals surface area contributed by atoms with E-state index in [1.54, 1.807) is 7.11 Å². The van der Waals surface area contributed by atoms with E-state index in [1.165, 1.54) is 18.4 Å². The van der Waals surface area contributed by atoms with Gasteiger partial charge in [-0.1, -0.05) is 15.9 Å². The van der Waals surface area contributed by atoms with Crippen molar-refractivity contribution in [2.75, 3.05) is 33.8 Å². The van der Waals surface area contributed by atoms with Crippen LogP contribution >= 0.6 is 15.9 Å². The molecule has 21 heavy (non-hydrogen) atoms. The summed E-state index contributed by atoms with van der Waals surface area (Å²) in [5.41, 5.74) is 1.23. The molecule has 0 aromatic heterocycles. The van der Waals surface area contributed by atoms with Crippen LogP contribution in [0.1, 0.15) is 18.4 Å². The van der Waals surface area contributed by atoms with Gasteiger partial charge in [-0.15, -0.1) is 0 Å². The number of likely N-dealkylation sites (tertiary alicyclic amines) is 1. The van der Waals surface area contributed by atoms with E-state index in [4.69, 9.17) is 9.47 Å². The van der Waals surface area contributed by atoms with Crippen molar-refractivity contribution >= 4 is 15.9 Å². The van der Waals surface area contributed by atoms with Crippen LogP contribution in [0.3, 0.4) is 0 Å². The maximum Gasteiger partial charge on any atom is 0.165 e. The number of likely N-dealkylation sites (N-methyl/N-ethyl adjacent to an activating group) is 1. The van der Waals surface area contributed by atoms with E-state index in [0.29, 0.717) is 6.04 Å². The summed E-state index contributed by atoms with van der Waals surface area (Å²) in [4.78, 5) is 2.26. The summed E-state index contributed by atoms with van der Waals surface area (Å²) in [7, 11) is 3.82. The number of ether oxygens (including phenoxy) is 2. The number of rotatable bonds is 5. The fraction of sp³-hybridized carbons (Fsp3) is 0.625. The average Bonchev–Trinajstić information content (AvgIpc) is 2.92. The van der Waals surface area contributed by atoms with Crippen molar-refractivity contribution in [1.29, 1.82) is 0 Å². The Labute approximate surface area is 134 Å². The molecule has 2 aliphatic rings. The van der Waals surface area contributed by atoms with Crippen LogP contribution in [0.15, 0.2) is 16.6 Å². The van der Waals surface area contributed by atoms with Gasteiger partial charge in [0.05, 0.1) is 7.11 Å². The molecule has 0 radical (unpaired) electrons. The normalized spacial score (nSPS) is 23.1. The molecule has 5 heteroatoms. The lowest BCUT2D eigenvalue weighted by Crippen LogP contribution is -2.51. The zero-order valence-electron chi connectivity index (χ0n) is 12.7. The SMILES string of the molecule is COc1cc(Br)cc(CC2CCCN2)c1OC1CN(C)C1. The molecule has 1 aromatic rings. The summed E-state index contributed by atoms with van der Waals surface area (Å²) in [5.74, 6) is 1.75. The third-order valence-corrected chi connectivity index (χ3v) is 4.72. The van der Waals surface area contributed by atoms with E-state index in [9.17, 15) is 0 Å². The lowest BCUT2D eigenvalue weighted by Gasteiger charge is -2.36. The molecular weight excluding hydrogens is 332 g/mol. The standard InChI is InChI=1S/C16H23BrN2O2/c1-19-9-14(10-19)21-16-11(7-13-4-3-5-18-13)6-12(17)8-15(16)20-2/h6,8,13-14,18H,3-5,7,9-10H2,1-2H3. The predicted octanol–water partition coefficient (Wildman–Crippen LogP) is 2.45. The Kier molecular flexibility index (Phi) is 4.72. The summed E-state index contributed by atoms with van der Waals surface area (Å²) in [6.07, 6.45) is 3.77. The molecule has 0 bridgehead atoms. The Morgan fingerprint density at radius 3 is 2.81 bits per heavy atom. The minimum Gasteiger partial charge on any atom is -0.493 e. The van der Waals surface area contributed by atoms with Crippen molar-refractivity contribution in [3.63, 3.8) is 0 Å². The number of halogens is 1. The van der Waals surface area contributed by atoms with E-state index in [-0.39, 0.29) is 6.10 Å². The van der Waals surface area contributed by atoms with Gasteiger partial charge in [0.1, 0.15) is 6.10 Å². The molecule has 2 saturated heterocycles. The first kappa shape index (κ1) is 15.1. The highest BCUT2D eigenvalue weighted by molar-refractivity contribution is 9.10. The van der Waals surface area contributed by atoms with Crippen molar-refractivity contribution in [2.24, 2.45) is 0 Å². The third kappa shape index (κ3) is 3.52. The van der Waals surface area contributed by atoms with Gasteiger partial charge >= 0.3 is 0 Å². The minimum atomic E-state index is 0.278. The summed E-state index contributed by atoms with van der Waals surface area (Å²) in [6.45, 7) is 3.10. The van der Waals surface area contributed by atoms with Crippen LogP contribution < -0.4 is 14.8 Å². The number of methoxy groups -OCH3 is 1. The number of benzene rings is 1. The van der Waals surface area contributed by atoms with Gasteiger partial charge in [0.25, 0.3) is 0 Å². The van der Waals surface area contributed by atoms with Gasteiger partial charge in [-0.25, -0.2) is 0 Å². The van der Waals surface area contributed by atoms with Crippen LogP contribution in [0.25, 0.3) is 0 Å². The molecule has 116 valence electrons. The predicted molar refractivity (Wildman–Crippen MR) is 87.3 cm³/mol. The minimum absolute atomic E-state index is 0.278. The highest BCUT2D eigenvalue weighted by Crippen LogP contribution is 2.37. The number of hydrogen-bond donors (Lipinski definition) is 1. The highest BCUT2D eigenvalue weighted by atomic mass is 79.9. The highest BCUT2D eigenvalue weighted by Gasteiger charge is 2.28. The van der Waals surface area contributed by atoms with Crippen molar-refractivity contribution in [3.8, 4) is 11.5 Å². The smallest absolute Gasteiger partial charge is 0.165 e. The fourth-order valence-corrected chi connectivity index (χ4v) is 3.62. The maximum atomic E-state index is 6.22. The van der Waals surface area contributed by atoms with Crippen molar-refractivity contribution < 1.29 is 9.47 Å². The van der Waals surface area contributed by atoms with E-state index in [1.807, 2.05) is 6.07 Å². The van der Waals surface area contributed by atoms with Crippen LogP contribution in [-0.2, 0) is 6.42 Å². The molecule has 0 aliphatic carbocycles. The molecule has 0 amide bonds. The van der Waals surface area contributed by atoms with Gasteiger partial charge in [-0.2, -0.15) is 0 Å². The molecule has 1 unspecified atom stereocenters. The molecule has 3 rings (SSSR count). The zero-order valence-corrected chi connectivity index (χ0v) is 14.3. The zero-order chi connectivity index (χ0) is 14.8. The largest absolute Gasteiger partial charge is 0.493 e. The molecule has 2 heterocycles. The molecule has 4 nitrogen and oxygen atoms in total. The number of nitrogens with zero attached hydrogens (tertiary/aromatic N) is 1. The third-order valence-electron chi connectivity index (χ3n) is 4.26. The van der Waals surface area contributed by atoms with Crippen LogP contribution in [0, 0.1) is 0 Å². The van der Waals surface area contributed by atoms with Gasteiger partial charge in [0, 0.05) is 29.2 Å². The Bertz CT molecular complexity index is 497. The summed E-state index contributed by atoms with van der Waals surface area (Å²) < 4.78 is 12.8.